The molecule has 0 aliphatic rings. The fourth-order valence-corrected chi connectivity index (χ4v) is 2.43. The van der Waals surface area contributed by atoms with Crippen molar-refractivity contribution < 1.29 is 4.79 Å². The Kier molecular flexibility index (Phi) is 3.39. The molecule has 0 unspecified atom stereocenters. The Bertz CT molecular complexity index is 839. The molecule has 2 heterocycles. The maximum Gasteiger partial charge on any atom is 0.256 e. The van der Waals surface area contributed by atoms with Gasteiger partial charge in [-0.05, 0) is 49.7 Å². The zero-order valence-electron chi connectivity index (χ0n) is 11.7. The summed E-state index contributed by atoms with van der Waals surface area (Å²) in [6.45, 7) is 4.05. The summed E-state index contributed by atoms with van der Waals surface area (Å²) in [5.74, 6) is 0.141. The van der Waals surface area contributed by atoms with E-state index in [2.05, 4.69) is 15.3 Å². The molecule has 0 bridgehead atoms. The number of nitrogens with one attached hydrogen (secondary N) is 2. The van der Waals surface area contributed by atoms with Crippen LogP contribution in [-0.2, 0) is 0 Å². The minimum atomic E-state index is -0.226. The van der Waals surface area contributed by atoms with Crippen LogP contribution < -0.4 is 5.32 Å². The number of carbonyl (C=O) groups is 1. The van der Waals surface area contributed by atoms with Crippen molar-refractivity contribution in [2.24, 2.45) is 0 Å². The maximum absolute atomic E-state index is 12.3. The van der Waals surface area contributed by atoms with Gasteiger partial charge < -0.3 is 10.3 Å². The van der Waals surface area contributed by atoms with Crippen LogP contribution in [0.15, 0.2) is 36.5 Å². The number of fused-ring (bicyclic) bond motifs is 1. The number of amides is 1. The number of anilines is 1. The van der Waals surface area contributed by atoms with Gasteiger partial charge >= 0.3 is 0 Å². The second-order valence-electron chi connectivity index (χ2n) is 4.92. The first-order valence-corrected chi connectivity index (χ1v) is 6.95. The number of nitrogens with zero attached hydrogens (tertiary/aromatic N) is 1. The number of aromatic nitrogens is 2. The highest BCUT2D eigenvalue weighted by Gasteiger charge is 2.12. The summed E-state index contributed by atoms with van der Waals surface area (Å²) in [4.78, 5) is 19.7. The first-order chi connectivity index (χ1) is 10.1. The molecule has 1 amide bonds. The smallest absolute Gasteiger partial charge is 0.256 e. The van der Waals surface area contributed by atoms with E-state index in [1.165, 1.54) is 0 Å². The third-order valence-electron chi connectivity index (χ3n) is 3.56. The predicted molar refractivity (Wildman–Crippen MR) is 85.0 cm³/mol. The Morgan fingerprint density at radius 2 is 2.10 bits per heavy atom. The van der Waals surface area contributed by atoms with Crippen molar-refractivity contribution in [3.8, 4) is 0 Å². The quantitative estimate of drug-likeness (QED) is 0.749. The van der Waals surface area contributed by atoms with E-state index in [4.69, 9.17) is 11.6 Å². The fraction of sp³-hybridized carbons (Fsp3) is 0.125. The van der Waals surface area contributed by atoms with E-state index < -0.39 is 0 Å². The summed E-state index contributed by atoms with van der Waals surface area (Å²) in [7, 11) is 0. The predicted octanol–water partition coefficient (Wildman–Crippen LogP) is 4.09. The second kappa shape index (κ2) is 5.22. The van der Waals surface area contributed by atoms with Gasteiger partial charge in [-0.2, -0.15) is 0 Å². The van der Waals surface area contributed by atoms with Gasteiger partial charge in [0.15, 0.2) is 5.82 Å². The van der Waals surface area contributed by atoms with Crippen LogP contribution in [0.5, 0.6) is 0 Å². The van der Waals surface area contributed by atoms with Gasteiger partial charge in [0.1, 0.15) is 0 Å². The first kappa shape index (κ1) is 13.6. The number of pyridine rings is 1. The Labute approximate surface area is 127 Å². The molecule has 3 aromatic rings. The van der Waals surface area contributed by atoms with E-state index in [0.717, 1.165) is 22.2 Å². The van der Waals surface area contributed by atoms with E-state index in [1.807, 2.05) is 26.0 Å². The molecular weight excluding hydrogens is 286 g/mol. The van der Waals surface area contributed by atoms with Crippen LogP contribution in [0.3, 0.4) is 0 Å². The number of aromatic amines is 1. The second-order valence-corrected chi connectivity index (χ2v) is 5.33. The van der Waals surface area contributed by atoms with Crippen molar-refractivity contribution in [3.05, 3.63) is 58.4 Å². The van der Waals surface area contributed by atoms with Crippen LogP contribution in [0.2, 0.25) is 5.02 Å². The molecule has 0 aliphatic heterocycles. The number of halogens is 1. The maximum atomic E-state index is 12.3. The van der Waals surface area contributed by atoms with Crippen LogP contribution in [0.4, 0.5) is 5.82 Å². The monoisotopic (exact) mass is 299 g/mol. The van der Waals surface area contributed by atoms with Crippen molar-refractivity contribution in [1.29, 1.82) is 0 Å². The molecule has 4 nitrogen and oxygen atoms in total. The summed E-state index contributed by atoms with van der Waals surface area (Å²) in [5, 5.41) is 4.19. The standard InChI is InChI=1S/C16H14ClN3O/c1-9-10(2)19-14-6-5-11(8-12(9)14)16(21)20-15-13(17)4-3-7-18-15/h3-8,19H,1-2H3,(H,18,20,21). The third kappa shape index (κ3) is 2.50. The van der Waals surface area contributed by atoms with E-state index >= 15 is 0 Å². The number of rotatable bonds is 2. The van der Waals surface area contributed by atoms with E-state index in [9.17, 15) is 4.79 Å². The molecule has 1 aromatic carbocycles. The van der Waals surface area contributed by atoms with Crippen LogP contribution in [-0.4, -0.2) is 15.9 Å². The number of benzene rings is 1. The molecule has 0 spiro atoms. The van der Waals surface area contributed by atoms with Crippen molar-refractivity contribution in [2.45, 2.75) is 13.8 Å². The molecule has 0 saturated carbocycles. The zero-order chi connectivity index (χ0) is 15.0. The van der Waals surface area contributed by atoms with Crippen molar-refractivity contribution in [2.75, 3.05) is 5.32 Å². The SMILES string of the molecule is Cc1[nH]c2ccc(C(=O)Nc3ncccc3Cl)cc2c1C. The highest BCUT2D eigenvalue weighted by atomic mass is 35.5. The number of H-pyrrole nitrogens is 1. The molecule has 106 valence electrons. The van der Waals surface area contributed by atoms with Crippen molar-refractivity contribution in [3.63, 3.8) is 0 Å². The third-order valence-corrected chi connectivity index (χ3v) is 3.87. The Morgan fingerprint density at radius 3 is 2.86 bits per heavy atom. The van der Waals surface area contributed by atoms with Crippen molar-refractivity contribution >= 4 is 34.2 Å². The minimum absolute atomic E-state index is 0.226. The lowest BCUT2D eigenvalue weighted by molar-refractivity contribution is 0.102. The number of carbonyl (C=O) groups excluding carboxylic acids is 1. The molecule has 0 atom stereocenters. The van der Waals surface area contributed by atoms with Gasteiger partial charge in [-0.25, -0.2) is 4.98 Å². The fourth-order valence-electron chi connectivity index (χ4n) is 2.26. The molecule has 3 rings (SSSR count). The first-order valence-electron chi connectivity index (χ1n) is 6.57. The highest BCUT2D eigenvalue weighted by molar-refractivity contribution is 6.33. The molecule has 0 radical (unpaired) electrons. The van der Waals surface area contributed by atoms with Gasteiger partial charge in [-0.1, -0.05) is 11.6 Å². The molecule has 0 saturated heterocycles. The van der Waals surface area contributed by atoms with Gasteiger partial charge in [0.05, 0.1) is 5.02 Å². The van der Waals surface area contributed by atoms with Gasteiger partial charge in [0, 0.05) is 28.4 Å². The van der Waals surface area contributed by atoms with Crippen LogP contribution in [0.25, 0.3) is 10.9 Å². The normalized spacial score (nSPS) is 10.8. The van der Waals surface area contributed by atoms with Gasteiger partial charge in [-0.3, -0.25) is 4.79 Å². The largest absolute Gasteiger partial charge is 0.358 e. The lowest BCUT2D eigenvalue weighted by Crippen LogP contribution is -2.13. The molecule has 0 fully saturated rings. The number of hydrogen-bond donors (Lipinski definition) is 2. The summed E-state index contributed by atoms with van der Waals surface area (Å²) < 4.78 is 0. The van der Waals surface area contributed by atoms with Crippen LogP contribution >= 0.6 is 11.6 Å². The van der Waals surface area contributed by atoms with Gasteiger partial charge in [0.25, 0.3) is 5.91 Å². The molecule has 5 heteroatoms. The van der Waals surface area contributed by atoms with E-state index in [-0.39, 0.29) is 5.91 Å². The Balaban J connectivity index is 1.95. The molecule has 2 N–H and O–H groups in total. The van der Waals surface area contributed by atoms with Crippen LogP contribution in [0.1, 0.15) is 21.6 Å². The van der Waals surface area contributed by atoms with Gasteiger partial charge in [0.2, 0.25) is 0 Å². The highest BCUT2D eigenvalue weighted by Crippen LogP contribution is 2.23. The average molecular weight is 300 g/mol. The van der Waals surface area contributed by atoms with E-state index in [0.29, 0.717) is 16.4 Å². The van der Waals surface area contributed by atoms with Crippen molar-refractivity contribution in [1.82, 2.24) is 9.97 Å². The molecule has 2 aromatic heterocycles. The van der Waals surface area contributed by atoms with Gasteiger partial charge in [-0.15, -0.1) is 0 Å². The summed E-state index contributed by atoms with van der Waals surface area (Å²) in [6, 6.07) is 8.97. The molecular formula is C16H14ClN3O. The Hall–Kier alpha value is -2.33. The number of aryl methyl sites for hydroxylation is 2. The Morgan fingerprint density at radius 1 is 1.29 bits per heavy atom. The lowest BCUT2D eigenvalue weighted by Gasteiger charge is -2.06. The molecule has 21 heavy (non-hydrogen) atoms. The average Bonchev–Trinajstić information content (AvgIpc) is 2.76. The molecule has 0 aliphatic carbocycles. The lowest BCUT2D eigenvalue weighted by atomic mass is 10.1. The summed E-state index contributed by atoms with van der Waals surface area (Å²) in [6.07, 6.45) is 1.59. The van der Waals surface area contributed by atoms with Crippen LogP contribution in [0, 0.1) is 13.8 Å². The zero-order valence-corrected chi connectivity index (χ0v) is 12.5. The number of hydrogen-bond acceptors (Lipinski definition) is 2. The summed E-state index contributed by atoms with van der Waals surface area (Å²) >= 11 is 6.00. The van der Waals surface area contributed by atoms with E-state index in [1.54, 1.807) is 24.4 Å². The topological polar surface area (TPSA) is 57.8 Å². The summed E-state index contributed by atoms with van der Waals surface area (Å²) in [5.41, 5.74) is 3.86. The minimum Gasteiger partial charge on any atom is -0.358 e.